The Morgan fingerprint density at radius 3 is 3.00 bits per heavy atom. The molecule has 0 aliphatic carbocycles. The molecule has 1 atom stereocenters. The molecule has 2 aromatic carbocycles. The number of fused-ring (bicyclic) bond motifs is 1. The van der Waals surface area contributed by atoms with Crippen LogP contribution in [-0.2, 0) is 9.63 Å². The fourth-order valence-corrected chi connectivity index (χ4v) is 4.04. The number of rotatable bonds is 9. The lowest BCUT2D eigenvalue weighted by Gasteiger charge is -2.26. The largest absolute Gasteiger partial charge is 0.396 e. The molecule has 7 heteroatoms. The second-order valence-corrected chi connectivity index (χ2v) is 7.81. The van der Waals surface area contributed by atoms with Crippen molar-refractivity contribution in [1.29, 1.82) is 0 Å². The van der Waals surface area contributed by atoms with Crippen molar-refractivity contribution in [2.24, 2.45) is 5.16 Å². The predicted molar refractivity (Wildman–Crippen MR) is 124 cm³/mol. The van der Waals surface area contributed by atoms with E-state index in [0.29, 0.717) is 19.2 Å². The Morgan fingerprint density at radius 2 is 2.19 bits per heavy atom. The van der Waals surface area contributed by atoms with E-state index in [0.717, 1.165) is 52.8 Å². The average molecular weight is 420 g/mol. The number of H-pyrrole nitrogens is 1. The number of hydrogen-bond acceptors (Lipinski definition) is 5. The van der Waals surface area contributed by atoms with Gasteiger partial charge in [-0.2, -0.15) is 5.10 Å². The molecule has 162 valence electrons. The summed E-state index contributed by atoms with van der Waals surface area (Å²) in [6, 6.07) is 14.5. The number of anilines is 1. The summed E-state index contributed by atoms with van der Waals surface area (Å²) in [5, 5.41) is 16.1. The molecule has 1 saturated heterocycles. The van der Waals surface area contributed by atoms with Gasteiger partial charge in [0.15, 0.2) is 0 Å². The number of amides is 1. The van der Waals surface area contributed by atoms with E-state index in [2.05, 4.69) is 20.7 Å². The van der Waals surface area contributed by atoms with E-state index in [9.17, 15) is 4.79 Å². The van der Waals surface area contributed by atoms with Gasteiger partial charge in [-0.15, -0.1) is 0 Å². The molecule has 1 aliphatic rings. The van der Waals surface area contributed by atoms with Crippen molar-refractivity contribution < 1.29 is 9.63 Å². The first-order valence-electron chi connectivity index (χ1n) is 11.0. The van der Waals surface area contributed by atoms with E-state index in [1.54, 1.807) is 11.1 Å². The van der Waals surface area contributed by atoms with Crippen molar-refractivity contribution in [2.75, 3.05) is 24.6 Å². The summed E-state index contributed by atoms with van der Waals surface area (Å²) in [5.41, 5.74) is 4.58. The lowest BCUT2D eigenvalue weighted by molar-refractivity contribution is -0.107. The maximum atomic E-state index is 11.8. The first-order valence-corrected chi connectivity index (χ1v) is 11.0. The van der Waals surface area contributed by atoms with Crippen molar-refractivity contribution >= 4 is 29.2 Å². The van der Waals surface area contributed by atoms with Crippen LogP contribution in [0.15, 0.2) is 47.6 Å². The molecule has 0 bridgehead atoms. The summed E-state index contributed by atoms with van der Waals surface area (Å²) in [5.74, 6) is 0. The zero-order valence-corrected chi connectivity index (χ0v) is 17.9. The first-order chi connectivity index (χ1) is 15.3. The van der Waals surface area contributed by atoms with Gasteiger partial charge in [0.05, 0.1) is 17.4 Å². The quantitative estimate of drug-likeness (QED) is 0.311. The Hall–Kier alpha value is -3.19. The molecule has 1 amide bonds. The third kappa shape index (κ3) is 5.11. The minimum absolute atomic E-state index is 0.492. The van der Waals surface area contributed by atoms with E-state index in [-0.39, 0.29) is 0 Å². The molecule has 2 N–H and O–H groups in total. The molecule has 7 nitrogen and oxygen atoms in total. The Kier molecular flexibility index (Phi) is 6.94. The van der Waals surface area contributed by atoms with Gasteiger partial charge in [0.25, 0.3) is 0 Å². The Bertz CT molecular complexity index is 1040. The lowest BCUT2D eigenvalue weighted by Crippen LogP contribution is -2.37. The van der Waals surface area contributed by atoms with Crippen LogP contribution in [0.3, 0.4) is 0 Å². The number of piperidine rings is 1. The smallest absolute Gasteiger partial charge is 0.214 e. The van der Waals surface area contributed by atoms with Crippen molar-refractivity contribution in [3.63, 3.8) is 0 Å². The first kappa shape index (κ1) is 21.1. The summed E-state index contributed by atoms with van der Waals surface area (Å²) in [6.07, 6.45) is 7.26. The Morgan fingerprint density at radius 1 is 1.26 bits per heavy atom. The van der Waals surface area contributed by atoms with Gasteiger partial charge in [0.1, 0.15) is 6.61 Å². The van der Waals surface area contributed by atoms with Crippen LogP contribution in [0, 0.1) is 0 Å². The number of benzene rings is 2. The number of nitrogens with one attached hydrogen (secondary N) is 2. The minimum Gasteiger partial charge on any atom is -0.396 e. The van der Waals surface area contributed by atoms with Gasteiger partial charge in [-0.25, -0.2) is 0 Å². The summed E-state index contributed by atoms with van der Waals surface area (Å²) in [4.78, 5) is 18.7. The van der Waals surface area contributed by atoms with Crippen LogP contribution >= 0.6 is 0 Å². The van der Waals surface area contributed by atoms with Gasteiger partial charge >= 0.3 is 0 Å². The second-order valence-electron chi connectivity index (χ2n) is 7.81. The van der Waals surface area contributed by atoms with Crippen LogP contribution in [-0.4, -0.2) is 48.6 Å². The number of carbonyl (C=O) groups excluding carboxylic acids is 1. The van der Waals surface area contributed by atoms with Gasteiger partial charge in [-0.1, -0.05) is 29.8 Å². The Balaban J connectivity index is 1.56. The highest BCUT2D eigenvalue weighted by atomic mass is 16.6. The highest BCUT2D eigenvalue weighted by molar-refractivity contribution is 5.97. The number of aromatic amines is 1. The highest BCUT2D eigenvalue weighted by Crippen LogP contribution is 2.29. The van der Waals surface area contributed by atoms with Crippen LogP contribution in [0.25, 0.3) is 22.2 Å². The van der Waals surface area contributed by atoms with E-state index >= 15 is 0 Å². The van der Waals surface area contributed by atoms with Crippen molar-refractivity contribution in [3.8, 4) is 11.3 Å². The summed E-state index contributed by atoms with van der Waals surface area (Å²) < 4.78 is 0. The Labute approximate surface area is 182 Å². The van der Waals surface area contributed by atoms with E-state index < -0.39 is 0 Å². The van der Waals surface area contributed by atoms with Crippen LogP contribution in [0.5, 0.6) is 0 Å². The zero-order valence-electron chi connectivity index (χ0n) is 17.9. The molecule has 3 aromatic rings. The van der Waals surface area contributed by atoms with E-state index in [1.165, 1.54) is 19.3 Å². The van der Waals surface area contributed by atoms with Crippen molar-refractivity contribution in [3.05, 3.63) is 48.0 Å². The van der Waals surface area contributed by atoms with Gasteiger partial charge < -0.3 is 15.1 Å². The second kappa shape index (κ2) is 10.2. The molecule has 1 fully saturated rings. The number of nitrogens with zero attached hydrogens (tertiary/aromatic N) is 3. The molecule has 1 unspecified atom stereocenters. The van der Waals surface area contributed by atoms with Gasteiger partial charge in [0, 0.05) is 29.2 Å². The minimum atomic E-state index is 0.492. The molecule has 2 heterocycles. The average Bonchev–Trinajstić information content (AvgIpc) is 3.24. The molecular weight excluding hydrogens is 390 g/mol. The van der Waals surface area contributed by atoms with E-state index in [4.69, 9.17) is 4.84 Å². The number of carbonyl (C=O) groups is 1. The lowest BCUT2D eigenvalue weighted by atomic mass is 10.0. The molecule has 1 aromatic heterocycles. The summed E-state index contributed by atoms with van der Waals surface area (Å²) in [6.45, 7) is 4.21. The molecule has 0 radical (unpaired) electrons. The van der Waals surface area contributed by atoms with Crippen molar-refractivity contribution in [1.82, 2.24) is 15.5 Å². The molecule has 4 rings (SSSR count). The standard InChI is InChI=1S/C24H29N5O2/c1-2-31-26-16-18-9-10-23-22(14-18)24(28-27-23)19-6-5-8-21(15-19)29(17-30)13-11-20-7-3-4-12-25-20/h5-6,8-10,14-17,20,25H,2-4,7,11-13H2,1H3,(H,27,28). The molecule has 0 spiro atoms. The predicted octanol–water partition coefficient (Wildman–Crippen LogP) is 4.10. The monoisotopic (exact) mass is 419 g/mol. The third-order valence-corrected chi connectivity index (χ3v) is 5.70. The maximum absolute atomic E-state index is 11.8. The fourth-order valence-electron chi connectivity index (χ4n) is 4.04. The fraction of sp³-hybridized carbons (Fsp3) is 0.375. The molecular formula is C24H29N5O2. The zero-order chi connectivity index (χ0) is 21.5. The van der Waals surface area contributed by atoms with Crippen molar-refractivity contribution in [2.45, 2.75) is 38.6 Å². The summed E-state index contributed by atoms with van der Waals surface area (Å²) >= 11 is 0. The van der Waals surface area contributed by atoms with Gasteiger partial charge in [0.2, 0.25) is 6.41 Å². The number of hydrogen-bond donors (Lipinski definition) is 2. The van der Waals surface area contributed by atoms with Crippen LogP contribution in [0.1, 0.15) is 38.2 Å². The number of oxime groups is 1. The topological polar surface area (TPSA) is 82.6 Å². The SMILES string of the molecule is CCON=Cc1ccc2[nH]nc(-c3cccc(N(C=O)CCC4CCCCN4)c3)c2c1. The highest BCUT2D eigenvalue weighted by Gasteiger charge is 2.16. The normalized spacial score (nSPS) is 16.6. The van der Waals surface area contributed by atoms with E-state index in [1.807, 2.05) is 49.4 Å². The molecule has 31 heavy (non-hydrogen) atoms. The van der Waals surface area contributed by atoms with Crippen LogP contribution in [0.4, 0.5) is 5.69 Å². The summed E-state index contributed by atoms with van der Waals surface area (Å²) in [7, 11) is 0. The maximum Gasteiger partial charge on any atom is 0.214 e. The van der Waals surface area contributed by atoms with Gasteiger partial charge in [-0.05, 0) is 62.6 Å². The molecule has 0 saturated carbocycles. The number of aromatic nitrogens is 2. The van der Waals surface area contributed by atoms with Gasteiger partial charge in [-0.3, -0.25) is 9.89 Å². The van der Waals surface area contributed by atoms with Crippen LogP contribution in [0.2, 0.25) is 0 Å². The van der Waals surface area contributed by atoms with Crippen LogP contribution < -0.4 is 10.2 Å². The third-order valence-electron chi connectivity index (χ3n) is 5.70. The molecule has 1 aliphatic heterocycles.